The number of aromatic nitrogens is 1. The van der Waals surface area contributed by atoms with E-state index >= 15 is 0 Å². The Hall–Kier alpha value is -3.71. The minimum atomic E-state index is -0.366. The van der Waals surface area contributed by atoms with Crippen molar-refractivity contribution in [3.63, 3.8) is 0 Å². The SMILES string of the molecule is COc1ccc(CCN(C[C@H](C)c2ccccc2)C(=O)c2nc(C)sc2-c2ccccc2F)cc1OC. The van der Waals surface area contributed by atoms with Crippen LogP contribution in [-0.4, -0.2) is 43.1 Å². The summed E-state index contributed by atoms with van der Waals surface area (Å²) in [5.41, 5.74) is 2.86. The number of halogens is 1. The molecule has 0 N–H and O–H groups in total. The number of carbonyl (C=O) groups excluding carboxylic acids is 1. The first-order valence-electron chi connectivity index (χ1n) is 12.2. The number of rotatable bonds is 10. The average molecular weight is 519 g/mol. The highest BCUT2D eigenvalue weighted by atomic mass is 32.1. The van der Waals surface area contributed by atoms with Crippen LogP contribution >= 0.6 is 11.3 Å². The van der Waals surface area contributed by atoms with Crippen molar-refractivity contribution >= 4 is 17.2 Å². The Labute approximate surface area is 221 Å². The third-order valence-electron chi connectivity index (χ3n) is 6.32. The number of carbonyl (C=O) groups is 1. The van der Waals surface area contributed by atoms with Crippen LogP contribution in [0.5, 0.6) is 11.5 Å². The zero-order chi connectivity index (χ0) is 26.4. The fourth-order valence-corrected chi connectivity index (χ4v) is 5.28. The van der Waals surface area contributed by atoms with E-state index in [-0.39, 0.29) is 17.6 Å². The van der Waals surface area contributed by atoms with Crippen molar-refractivity contribution in [2.24, 2.45) is 0 Å². The molecule has 0 fully saturated rings. The summed E-state index contributed by atoms with van der Waals surface area (Å²) in [4.78, 5) is 20.9. The smallest absolute Gasteiger partial charge is 0.274 e. The van der Waals surface area contributed by atoms with Crippen molar-refractivity contribution in [3.05, 3.63) is 100 Å². The van der Waals surface area contributed by atoms with Gasteiger partial charge in [-0.05, 0) is 48.6 Å². The van der Waals surface area contributed by atoms with Crippen molar-refractivity contribution in [1.82, 2.24) is 9.88 Å². The standard InChI is InChI=1S/C30H31FN2O3S/c1-20(23-10-6-5-7-11-23)19-33(17-16-22-14-15-26(35-3)27(18-22)36-4)30(34)28-29(37-21(2)32-28)24-12-8-9-13-25(24)31/h5-15,18,20H,16-17,19H2,1-4H3/t20-/m0/s1. The Bertz CT molecular complexity index is 1360. The third kappa shape index (κ3) is 6.17. The van der Waals surface area contributed by atoms with Gasteiger partial charge < -0.3 is 14.4 Å². The number of benzene rings is 3. The summed E-state index contributed by atoms with van der Waals surface area (Å²) in [6.07, 6.45) is 0.617. The van der Waals surface area contributed by atoms with Gasteiger partial charge in [0.05, 0.1) is 24.1 Å². The number of amides is 1. The molecule has 0 bridgehead atoms. The summed E-state index contributed by atoms with van der Waals surface area (Å²) in [5, 5.41) is 0.720. The second kappa shape index (κ2) is 12.0. The molecule has 5 nitrogen and oxygen atoms in total. The lowest BCUT2D eigenvalue weighted by molar-refractivity contribution is 0.0744. The zero-order valence-corrected chi connectivity index (χ0v) is 22.3. The molecule has 1 amide bonds. The maximum Gasteiger partial charge on any atom is 0.274 e. The maximum absolute atomic E-state index is 14.7. The minimum absolute atomic E-state index is 0.104. The molecule has 1 atom stereocenters. The van der Waals surface area contributed by atoms with Crippen molar-refractivity contribution < 1.29 is 18.7 Å². The first-order chi connectivity index (χ1) is 17.9. The van der Waals surface area contributed by atoms with E-state index < -0.39 is 0 Å². The number of aryl methyl sites for hydroxylation is 1. The van der Waals surface area contributed by atoms with Gasteiger partial charge in [-0.2, -0.15) is 0 Å². The van der Waals surface area contributed by atoms with Gasteiger partial charge >= 0.3 is 0 Å². The molecule has 0 unspecified atom stereocenters. The van der Waals surface area contributed by atoms with E-state index in [4.69, 9.17) is 9.47 Å². The van der Waals surface area contributed by atoms with Gasteiger partial charge in [0.2, 0.25) is 0 Å². The van der Waals surface area contributed by atoms with Gasteiger partial charge in [-0.25, -0.2) is 9.37 Å². The van der Waals surface area contributed by atoms with E-state index in [0.29, 0.717) is 47.1 Å². The van der Waals surface area contributed by atoms with Crippen molar-refractivity contribution in [2.45, 2.75) is 26.2 Å². The molecule has 0 aliphatic rings. The normalized spacial score (nSPS) is 11.7. The molecule has 0 saturated carbocycles. The molecule has 4 rings (SSSR count). The molecule has 1 aromatic heterocycles. The number of ether oxygens (including phenoxy) is 2. The minimum Gasteiger partial charge on any atom is -0.493 e. The van der Waals surface area contributed by atoms with Gasteiger partial charge in [0, 0.05) is 18.7 Å². The van der Waals surface area contributed by atoms with Gasteiger partial charge in [-0.1, -0.05) is 61.5 Å². The summed E-state index contributed by atoms with van der Waals surface area (Å²) in [6.45, 7) is 4.92. The fourth-order valence-electron chi connectivity index (χ4n) is 4.34. The highest BCUT2D eigenvalue weighted by Crippen LogP contribution is 2.33. The molecule has 0 aliphatic carbocycles. The Kier molecular flexibility index (Phi) is 8.56. The molecule has 37 heavy (non-hydrogen) atoms. The zero-order valence-electron chi connectivity index (χ0n) is 21.5. The monoisotopic (exact) mass is 518 g/mol. The van der Waals surface area contributed by atoms with E-state index in [1.807, 2.05) is 48.2 Å². The van der Waals surface area contributed by atoms with Gasteiger partial charge in [0.1, 0.15) is 11.5 Å². The summed E-state index contributed by atoms with van der Waals surface area (Å²) in [7, 11) is 3.21. The molecule has 1 heterocycles. The molecule has 0 saturated heterocycles. The van der Waals surface area contributed by atoms with Crippen molar-refractivity contribution in [2.75, 3.05) is 27.3 Å². The highest BCUT2D eigenvalue weighted by molar-refractivity contribution is 7.15. The van der Waals surface area contributed by atoms with Gasteiger partial charge in [0.25, 0.3) is 5.91 Å². The molecule has 0 aliphatic heterocycles. The molecular formula is C30H31FN2O3S. The first kappa shape index (κ1) is 26.4. The number of thiazole rings is 1. The lowest BCUT2D eigenvalue weighted by Crippen LogP contribution is -2.36. The molecule has 3 aromatic carbocycles. The number of hydrogen-bond acceptors (Lipinski definition) is 5. The fraction of sp³-hybridized carbons (Fsp3) is 0.267. The maximum atomic E-state index is 14.7. The highest BCUT2D eigenvalue weighted by Gasteiger charge is 2.26. The molecular weight excluding hydrogens is 487 g/mol. The van der Waals surface area contributed by atoms with Crippen LogP contribution in [0.2, 0.25) is 0 Å². The summed E-state index contributed by atoms with van der Waals surface area (Å²) >= 11 is 1.34. The largest absolute Gasteiger partial charge is 0.493 e. The lowest BCUT2D eigenvalue weighted by atomic mass is 10.00. The van der Waals surface area contributed by atoms with Crippen LogP contribution in [0.3, 0.4) is 0 Å². The van der Waals surface area contributed by atoms with Crippen LogP contribution in [0.15, 0.2) is 72.8 Å². The Morgan fingerprint density at radius 2 is 1.70 bits per heavy atom. The second-order valence-electron chi connectivity index (χ2n) is 8.89. The van der Waals surface area contributed by atoms with E-state index in [0.717, 1.165) is 16.1 Å². The van der Waals surface area contributed by atoms with Crippen LogP contribution < -0.4 is 9.47 Å². The Morgan fingerprint density at radius 1 is 1.00 bits per heavy atom. The number of nitrogens with zero attached hydrogens (tertiary/aromatic N) is 2. The van der Waals surface area contributed by atoms with Crippen LogP contribution in [0.1, 0.15) is 39.5 Å². The second-order valence-corrected chi connectivity index (χ2v) is 10.1. The molecule has 192 valence electrons. The van der Waals surface area contributed by atoms with E-state index in [9.17, 15) is 9.18 Å². The quantitative estimate of drug-likeness (QED) is 0.233. The third-order valence-corrected chi connectivity index (χ3v) is 7.33. The van der Waals surface area contributed by atoms with Gasteiger partial charge in [-0.15, -0.1) is 11.3 Å². The summed E-state index contributed by atoms with van der Waals surface area (Å²) in [5.74, 6) is 0.838. The molecule has 7 heteroatoms. The predicted molar refractivity (Wildman–Crippen MR) is 146 cm³/mol. The Balaban J connectivity index is 1.65. The van der Waals surface area contributed by atoms with Crippen molar-refractivity contribution in [1.29, 1.82) is 0 Å². The van der Waals surface area contributed by atoms with Crippen LogP contribution in [-0.2, 0) is 6.42 Å². The average Bonchev–Trinajstić information content (AvgIpc) is 3.32. The van der Waals surface area contributed by atoms with Crippen LogP contribution in [0.25, 0.3) is 10.4 Å². The van der Waals surface area contributed by atoms with E-state index in [2.05, 4.69) is 24.0 Å². The summed E-state index contributed by atoms with van der Waals surface area (Å²) in [6, 6.07) is 22.4. The lowest BCUT2D eigenvalue weighted by Gasteiger charge is -2.26. The molecule has 4 aromatic rings. The predicted octanol–water partition coefficient (Wildman–Crippen LogP) is 6.76. The molecule has 0 radical (unpaired) electrons. The number of hydrogen-bond donors (Lipinski definition) is 0. The number of methoxy groups -OCH3 is 2. The molecule has 0 spiro atoms. The van der Waals surface area contributed by atoms with Gasteiger partial charge in [0.15, 0.2) is 11.5 Å². The van der Waals surface area contributed by atoms with E-state index in [1.165, 1.54) is 17.4 Å². The summed E-state index contributed by atoms with van der Waals surface area (Å²) < 4.78 is 25.5. The van der Waals surface area contributed by atoms with Crippen LogP contribution in [0.4, 0.5) is 4.39 Å². The van der Waals surface area contributed by atoms with Gasteiger partial charge in [-0.3, -0.25) is 4.79 Å². The van der Waals surface area contributed by atoms with Crippen molar-refractivity contribution in [3.8, 4) is 21.9 Å². The first-order valence-corrected chi connectivity index (χ1v) is 13.0. The van der Waals surface area contributed by atoms with E-state index in [1.54, 1.807) is 32.4 Å². The Morgan fingerprint density at radius 3 is 2.41 bits per heavy atom. The topological polar surface area (TPSA) is 51.7 Å². The van der Waals surface area contributed by atoms with Crippen LogP contribution in [0, 0.1) is 12.7 Å².